The molecule has 1 saturated carbocycles. The molecule has 196 valence electrons. The second kappa shape index (κ2) is 11.5. The number of hydrogen-bond donors (Lipinski definition) is 0. The highest BCUT2D eigenvalue weighted by molar-refractivity contribution is 6.03. The second-order valence-corrected chi connectivity index (χ2v) is 9.85. The first kappa shape index (κ1) is 25.5. The lowest BCUT2D eigenvalue weighted by atomic mass is 9.84. The van der Waals surface area contributed by atoms with Gasteiger partial charge in [0.05, 0.1) is 25.0 Å². The Morgan fingerprint density at radius 2 is 1.70 bits per heavy atom. The van der Waals surface area contributed by atoms with Crippen LogP contribution < -0.4 is 0 Å². The first-order chi connectivity index (χ1) is 18.0. The summed E-state index contributed by atoms with van der Waals surface area (Å²) in [6.07, 6.45) is 2.86. The van der Waals surface area contributed by atoms with Crippen molar-refractivity contribution >= 4 is 17.5 Å². The van der Waals surface area contributed by atoms with Crippen LogP contribution in [0.5, 0.6) is 0 Å². The molecule has 2 aromatic carbocycles. The molecule has 2 amide bonds. The summed E-state index contributed by atoms with van der Waals surface area (Å²) in [5.74, 6) is -1.39. The number of carbonyl (C=O) groups excluding carboxylic acids is 2. The van der Waals surface area contributed by atoms with Gasteiger partial charge in [-0.3, -0.25) is 14.5 Å². The molecule has 1 aliphatic carbocycles. The van der Waals surface area contributed by atoms with E-state index >= 15 is 0 Å². The predicted molar refractivity (Wildman–Crippen MR) is 135 cm³/mol. The van der Waals surface area contributed by atoms with Gasteiger partial charge < -0.3 is 9.64 Å². The van der Waals surface area contributed by atoms with Gasteiger partial charge in [0.25, 0.3) is 5.91 Å². The Morgan fingerprint density at radius 3 is 2.38 bits per heavy atom. The Kier molecular flexibility index (Phi) is 7.90. The largest absolute Gasteiger partial charge is 0.379 e. The maximum Gasteiger partial charge on any atom is 0.262 e. The van der Waals surface area contributed by atoms with Gasteiger partial charge in [0, 0.05) is 49.6 Å². The number of carbonyl (C=O) groups is 2. The number of hydrogen-bond acceptors (Lipinski definition) is 5. The van der Waals surface area contributed by atoms with Crippen molar-refractivity contribution < 1.29 is 23.1 Å². The van der Waals surface area contributed by atoms with E-state index in [0.717, 1.165) is 32.4 Å². The Bertz CT molecular complexity index is 1160. The van der Waals surface area contributed by atoms with E-state index in [1.54, 1.807) is 41.3 Å². The minimum atomic E-state index is -0.719. The number of benzene rings is 2. The Balaban J connectivity index is 1.39. The molecular formula is C28H32F2N4O3. The van der Waals surface area contributed by atoms with Crippen molar-refractivity contribution in [3.63, 3.8) is 0 Å². The SMILES string of the molecule is O=C(C1CCC1)N(CCN1CCOCC1)CC(=O)N1N=C(c2ccccc2F)C[C@@H]1c1ccccc1F. The highest BCUT2D eigenvalue weighted by Crippen LogP contribution is 2.35. The van der Waals surface area contributed by atoms with Crippen molar-refractivity contribution in [2.45, 2.75) is 31.7 Å². The highest BCUT2D eigenvalue weighted by atomic mass is 19.1. The number of nitrogens with zero attached hydrogens (tertiary/aromatic N) is 4. The monoisotopic (exact) mass is 510 g/mol. The number of rotatable bonds is 8. The molecule has 2 fully saturated rings. The summed E-state index contributed by atoms with van der Waals surface area (Å²) in [5, 5.41) is 5.73. The van der Waals surface area contributed by atoms with Crippen molar-refractivity contribution in [3.8, 4) is 0 Å². The lowest BCUT2D eigenvalue weighted by Gasteiger charge is -2.34. The molecule has 1 atom stereocenters. The van der Waals surface area contributed by atoms with Crippen molar-refractivity contribution in [1.29, 1.82) is 0 Å². The van der Waals surface area contributed by atoms with E-state index in [9.17, 15) is 18.4 Å². The molecule has 2 aliphatic heterocycles. The van der Waals surface area contributed by atoms with Gasteiger partial charge >= 0.3 is 0 Å². The van der Waals surface area contributed by atoms with E-state index in [1.807, 2.05) is 0 Å². The van der Waals surface area contributed by atoms with Gasteiger partial charge in [0.2, 0.25) is 5.91 Å². The molecule has 7 nitrogen and oxygen atoms in total. The first-order valence-corrected chi connectivity index (χ1v) is 13.0. The Hall–Kier alpha value is -3.17. The van der Waals surface area contributed by atoms with Crippen LogP contribution in [0.1, 0.15) is 42.9 Å². The molecule has 0 spiro atoms. The standard InChI is InChI=1S/C28H32F2N4O3/c29-23-10-3-1-8-21(23)25-18-26(22-9-2-4-11-24(22)30)34(31-25)27(35)19-33(28(36)20-6-5-7-20)13-12-32-14-16-37-17-15-32/h1-4,8-11,20,26H,5-7,12-19H2/t26-/m1/s1. The number of hydrazone groups is 1. The summed E-state index contributed by atoms with van der Waals surface area (Å²) in [5.41, 5.74) is 0.981. The third-order valence-electron chi connectivity index (χ3n) is 7.50. The average Bonchev–Trinajstić information content (AvgIpc) is 3.31. The molecule has 0 N–H and O–H groups in total. The second-order valence-electron chi connectivity index (χ2n) is 9.85. The van der Waals surface area contributed by atoms with E-state index in [2.05, 4.69) is 10.0 Å². The molecule has 0 unspecified atom stereocenters. The molecule has 37 heavy (non-hydrogen) atoms. The molecule has 0 bridgehead atoms. The molecule has 1 saturated heterocycles. The lowest BCUT2D eigenvalue weighted by Crippen LogP contribution is -2.49. The topological polar surface area (TPSA) is 65.5 Å². The lowest BCUT2D eigenvalue weighted by molar-refractivity contribution is -0.145. The minimum absolute atomic E-state index is 0.0206. The van der Waals surface area contributed by atoms with Gasteiger partial charge in [-0.2, -0.15) is 5.10 Å². The van der Waals surface area contributed by atoms with E-state index < -0.39 is 23.6 Å². The van der Waals surface area contributed by atoms with E-state index in [0.29, 0.717) is 37.6 Å². The molecule has 5 rings (SSSR count). The molecular weight excluding hydrogens is 478 g/mol. The van der Waals surface area contributed by atoms with Crippen LogP contribution in [0, 0.1) is 17.6 Å². The van der Waals surface area contributed by atoms with Gasteiger partial charge in [-0.25, -0.2) is 13.8 Å². The van der Waals surface area contributed by atoms with E-state index in [-0.39, 0.29) is 30.4 Å². The van der Waals surface area contributed by atoms with Crippen LogP contribution in [0.25, 0.3) is 0 Å². The third kappa shape index (κ3) is 5.72. The van der Waals surface area contributed by atoms with Gasteiger partial charge in [0.15, 0.2) is 0 Å². The van der Waals surface area contributed by atoms with Crippen LogP contribution in [0.4, 0.5) is 8.78 Å². The number of amides is 2. The van der Waals surface area contributed by atoms with Crippen LogP contribution in [-0.2, 0) is 14.3 Å². The smallest absolute Gasteiger partial charge is 0.262 e. The summed E-state index contributed by atoms with van der Waals surface area (Å²) in [7, 11) is 0. The first-order valence-electron chi connectivity index (χ1n) is 13.0. The fourth-order valence-corrected chi connectivity index (χ4v) is 5.09. The van der Waals surface area contributed by atoms with Crippen LogP contribution in [0.15, 0.2) is 53.6 Å². The van der Waals surface area contributed by atoms with Gasteiger partial charge in [-0.1, -0.05) is 42.8 Å². The number of morpholine rings is 1. The van der Waals surface area contributed by atoms with Gasteiger partial charge in [-0.15, -0.1) is 0 Å². The summed E-state index contributed by atoms with van der Waals surface area (Å²) in [6, 6.07) is 11.8. The number of halogens is 2. The van der Waals surface area contributed by atoms with Crippen molar-refractivity contribution in [1.82, 2.24) is 14.8 Å². The zero-order chi connectivity index (χ0) is 25.8. The predicted octanol–water partition coefficient (Wildman–Crippen LogP) is 3.60. The summed E-state index contributed by atoms with van der Waals surface area (Å²) in [4.78, 5) is 30.8. The summed E-state index contributed by atoms with van der Waals surface area (Å²) >= 11 is 0. The van der Waals surface area contributed by atoms with Gasteiger partial charge in [0.1, 0.15) is 18.2 Å². The summed E-state index contributed by atoms with van der Waals surface area (Å²) < 4.78 is 34.8. The highest BCUT2D eigenvalue weighted by Gasteiger charge is 2.37. The van der Waals surface area contributed by atoms with E-state index in [4.69, 9.17) is 4.74 Å². The number of ether oxygens (including phenoxy) is 1. The van der Waals surface area contributed by atoms with Crippen molar-refractivity contribution in [2.75, 3.05) is 45.9 Å². The fraction of sp³-hybridized carbons (Fsp3) is 0.464. The van der Waals surface area contributed by atoms with E-state index in [1.165, 1.54) is 17.1 Å². The normalized spacial score (nSPS) is 20.4. The zero-order valence-corrected chi connectivity index (χ0v) is 20.8. The quantitative estimate of drug-likeness (QED) is 0.545. The van der Waals surface area contributed by atoms with Crippen molar-refractivity contribution in [2.24, 2.45) is 11.0 Å². The molecule has 2 heterocycles. The molecule has 9 heteroatoms. The zero-order valence-electron chi connectivity index (χ0n) is 20.8. The summed E-state index contributed by atoms with van der Waals surface area (Å²) in [6.45, 7) is 3.80. The Labute approximate surface area is 215 Å². The van der Waals surface area contributed by atoms with Gasteiger partial charge in [-0.05, 0) is 25.0 Å². The fourth-order valence-electron chi connectivity index (χ4n) is 5.09. The molecule has 0 radical (unpaired) electrons. The average molecular weight is 511 g/mol. The van der Waals surface area contributed by atoms with Crippen LogP contribution in [-0.4, -0.2) is 78.3 Å². The van der Waals surface area contributed by atoms with Crippen LogP contribution in [0.2, 0.25) is 0 Å². The maximum absolute atomic E-state index is 14.8. The van der Waals surface area contributed by atoms with Crippen molar-refractivity contribution in [3.05, 3.63) is 71.3 Å². The van der Waals surface area contributed by atoms with Crippen LogP contribution >= 0.6 is 0 Å². The molecule has 2 aromatic rings. The molecule has 0 aromatic heterocycles. The maximum atomic E-state index is 14.8. The minimum Gasteiger partial charge on any atom is -0.379 e. The Morgan fingerprint density at radius 1 is 1.00 bits per heavy atom. The third-order valence-corrected chi connectivity index (χ3v) is 7.50. The molecule has 3 aliphatic rings. The van der Waals surface area contributed by atoms with Crippen LogP contribution in [0.3, 0.4) is 0 Å².